The predicted octanol–water partition coefficient (Wildman–Crippen LogP) is 3.39. The number of nitrogens with zero attached hydrogens (tertiary/aromatic N) is 1. The van der Waals surface area contributed by atoms with Crippen molar-refractivity contribution in [3.05, 3.63) is 62.7 Å². The molecule has 0 aliphatic rings. The van der Waals surface area contributed by atoms with Crippen LogP contribution in [0.1, 0.15) is 15.9 Å². The third-order valence-electron chi connectivity index (χ3n) is 2.95. The standard InChI is InChI=1S/C14H12ClN3O3/c1-8-2-3-9(6-12(8)16)14(19)17-13-5-4-10(18(20)21)7-11(13)15/h2-7H,16H2,1H3,(H,17,19). The zero-order valence-electron chi connectivity index (χ0n) is 11.1. The summed E-state index contributed by atoms with van der Waals surface area (Å²) in [6.45, 7) is 1.84. The van der Waals surface area contributed by atoms with E-state index in [0.717, 1.165) is 5.56 Å². The summed E-state index contributed by atoms with van der Waals surface area (Å²) >= 11 is 5.92. The van der Waals surface area contributed by atoms with E-state index in [1.165, 1.54) is 18.2 Å². The average Bonchev–Trinajstić information content (AvgIpc) is 2.43. The molecule has 3 N–H and O–H groups in total. The fraction of sp³-hybridized carbons (Fsp3) is 0.0714. The number of non-ortho nitro benzene ring substituents is 1. The van der Waals surface area contributed by atoms with Crippen LogP contribution in [0.3, 0.4) is 0 Å². The summed E-state index contributed by atoms with van der Waals surface area (Å²) in [7, 11) is 0. The Balaban J connectivity index is 2.23. The first-order valence-corrected chi connectivity index (χ1v) is 6.37. The van der Waals surface area contributed by atoms with Gasteiger partial charge in [-0.2, -0.15) is 0 Å². The first-order valence-electron chi connectivity index (χ1n) is 6.00. The average molecular weight is 306 g/mol. The molecule has 0 saturated heterocycles. The number of hydrogen-bond acceptors (Lipinski definition) is 4. The fourth-order valence-electron chi connectivity index (χ4n) is 1.70. The largest absolute Gasteiger partial charge is 0.398 e. The second-order valence-electron chi connectivity index (χ2n) is 4.45. The number of rotatable bonds is 3. The molecule has 1 amide bonds. The van der Waals surface area contributed by atoms with Crippen LogP contribution in [0.2, 0.25) is 5.02 Å². The maximum absolute atomic E-state index is 12.1. The van der Waals surface area contributed by atoms with Crippen LogP contribution in [0, 0.1) is 17.0 Å². The van der Waals surface area contributed by atoms with Gasteiger partial charge in [0.15, 0.2) is 0 Å². The van der Waals surface area contributed by atoms with Gasteiger partial charge in [0.1, 0.15) is 0 Å². The van der Waals surface area contributed by atoms with E-state index < -0.39 is 10.8 Å². The number of benzene rings is 2. The maximum atomic E-state index is 12.1. The van der Waals surface area contributed by atoms with Crippen LogP contribution in [0.5, 0.6) is 0 Å². The molecule has 6 nitrogen and oxygen atoms in total. The molecule has 0 spiro atoms. The van der Waals surface area contributed by atoms with Crippen LogP contribution in [-0.4, -0.2) is 10.8 Å². The summed E-state index contributed by atoms with van der Waals surface area (Å²) in [4.78, 5) is 22.2. The Hall–Kier alpha value is -2.60. The molecule has 2 aromatic carbocycles. The number of amides is 1. The molecule has 0 aromatic heterocycles. The number of nitrogens with two attached hydrogens (primary N) is 1. The van der Waals surface area contributed by atoms with Crippen molar-refractivity contribution in [2.75, 3.05) is 11.1 Å². The SMILES string of the molecule is Cc1ccc(C(=O)Nc2ccc([N+](=O)[O-])cc2Cl)cc1N. The number of aryl methyl sites for hydroxylation is 1. The zero-order valence-corrected chi connectivity index (χ0v) is 11.8. The first kappa shape index (κ1) is 14.8. The van der Waals surface area contributed by atoms with Gasteiger partial charge < -0.3 is 11.1 Å². The Morgan fingerprint density at radius 3 is 2.57 bits per heavy atom. The van der Waals surface area contributed by atoms with E-state index in [-0.39, 0.29) is 10.7 Å². The van der Waals surface area contributed by atoms with E-state index in [9.17, 15) is 14.9 Å². The van der Waals surface area contributed by atoms with Gasteiger partial charge in [0.2, 0.25) is 0 Å². The van der Waals surface area contributed by atoms with Gasteiger partial charge >= 0.3 is 0 Å². The summed E-state index contributed by atoms with van der Waals surface area (Å²) in [5.74, 6) is -0.391. The van der Waals surface area contributed by atoms with E-state index in [4.69, 9.17) is 17.3 Å². The Morgan fingerprint density at radius 1 is 1.29 bits per heavy atom. The number of anilines is 2. The van der Waals surface area contributed by atoms with Crippen molar-refractivity contribution in [1.29, 1.82) is 0 Å². The van der Waals surface area contributed by atoms with Crippen molar-refractivity contribution in [2.45, 2.75) is 6.92 Å². The summed E-state index contributed by atoms with van der Waals surface area (Å²) < 4.78 is 0. The number of hydrogen-bond donors (Lipinski definition) is 2. The lowest BCUT2D eigenvalue weighted by Gasteiger charge is -2.08. The normalized spacial score (nSPS) is 10.2. The highest BCUT2D eigenvalue weighted by Crippen LogP contribution is 2.27. The van der Waals surface area contributed by atoms with Crippen molar-refractivity contribution in [1.82, 2.24) is 0 Å². The minimum atomic E-state index is -0.557. The Kier molecular flexibility index (Phi) is 4.09. The lowest BCUT2D eigenvalue weighted by atomic mass is 10.1. The van der Waals surface area contributed by atoms with Crippen LogP contribution in [0.15, 0.2) is 36.4 Å². The van der Waals surface area contributed by atoms with Crippen LogP contribution >= 0.6 is 11.6 Å². The highest BCUT2D eigenvalue weighted by atomic mass is 35.5. The molecule has 0 aliphatic carbocycles. The van der Waals surface area contributed by atoms with Crippen molar-refractivity contribution < 1.29 is 9.72 Å². The third kappa shape index (κ3) is 3.29. The molecule has 7 heteroatoms. The van der Waals surface area contributed by atoms with Crippen LogP contribution < -0.4 is 11.1 Å². The maximum Gasteiger partial charge on any atom is 0.271 e. The second-order valence-corrected chi connectivity index (χ2v) is 4.85. The van der Waals surface area contributed by atoms with Gasteiger partial charge in [-0.3, -0.25) is 14.9 Å². The summed E-state index contributed by atoms with van der Waals surface area (Å²) in [6, 6.07) is 8.77. The number of halogens is 1. The highest BCUT2D eigenvalue weighted by Gasteiger charge is 2.13. The molecular formula is C14H12ClN3O3. The third-order valence-corrected chi connectivity index (χ3v) is 3.27. The number of nitro benzene ring substituents is 1. The molecule has 0 bridgehead atoms. The molecule has 0 saturated carbocycles. The van der Waals surface area contributed by atoms with Gasteiger partial charge in [-0.1, -0.05) is 17.7 Å². The first-order chi connectivity index (χ1) is 9.88. The van der Waals surface area contributed by atoms with Gasteiger partial charge in [-0.05, 0) is 30.7 Å². The molecule has 0 aliphatic heterocycles. The molecule has 0 atom stereocenters. The van der Waals surface area contributed by atoms with E-state index in [0.29, 0.717) is 16.9 Å². The van der Waals surface area contributed by atoms with Crippen molar-refractivity contribution in [2.24, 2.45) is 0 Å². The Bertz CT molecular complexity index is 731. The second kappa shape index (κ2) is 5.80. The van der Waals surface area contributed by atoms with Gasteiger partial charge in [-0.25, -0.2) is 0 Å². The molecule has 108 valence electrons. The summed E-state index contributed by atoms with van der Waals surface area (Å²) in [6.07, 6.45) is 0. The fourth-order valence-corrected chi connectivity index (χ4v) is 1.92. The number of carbonyl (C=O) groups excluding carboxylic acids is 1. The Labute approximate surface area is 125 Å². The lowest BCUT2D eigenvalue weighted by Crippen LogP contribution is -2.12. The van der Waals surface area contributed by atoms with Crippen LogP contribution in [-0.2, 0) is 0 Å². The molecule has 0 heterocycles. The van der Waals surface area contributed by atoms with Gasteiger partial charge in [0, 0.05) is 23.4 Å². The molecule has 0 fully saturated rings. The predicted molar refractivity (Wildman–Crippen MR) is 81.7 cm³/mol. The van der Waals surface area contributed by atoms with Crippen LogP contribution in [0.25, 0.3) is 0 Å². The number of nitro groups is 1. The van der Waals surface area contributed by atoms with E-state index in [1.54, 1.807) is 18.2 Å². The summed E-state index contributed by atoms with van der Waals surface area (Å²) in [5, 5.41) is 13.3. The van der Waals surface area contributed by atoms with Crippen molar-refractivity contribution in [3.8, 4) is 0 Å². The quantitative estimate of drug-likeness (QED) is 0.516. The summed E-state index contributed by atoms with van der Waals surface area (Å²) in [5.41, 5.74) is 7.68. The van der Waals surface area contributed by atoms with Gasteiger partial charge in [0.25, 0.3) is 11.6 Å². The molecule has 21 heavy (non-hydrogen) atoms. The van der Waals surface area contributed by atoms with E-state index in [2.05, 4.69) is 5.32 Å². The van der Waals surface area contributed by atoms with Gasteiger partial charge in [-0.15, -0.1) is 0 Å². The lowest BCUT2D eigenvalue weighted by molar-refractivity contribution is -0.384. The van der Waals surface area contributed by atoms with Gasteiger partial charge in [0.05, 0.1) is 15.6 Å². The molecule has 0 unspecified atom stereocenters. The molecule has 0 radical (unpaired) electrons. The molecule has 2 rings (SSSR count). The monoisotopic (exact) mass is 305 g/mol. The smallest absolute Gasteiger partial charge is 0.271 e. The van der Waals surface area contributed by atoms with E-state index >= 15 is 0 Å². The van der Waals surface area contributed by atoms with E-state index in [1.807, 2.05) is 6.92 Å². The zero-order chi connectivity index (χ0) is 15.6. The Morgan fingerprint density at radius 2 is 2.00 bits per heavy atom. The number of carbonyl (C=O) groups is 1. The molecular weight excluding hydrogens is 294 g/mol. The van der Waals surface area contributed by atoms with Crippen molar-refractivity contribution >= 4 is 34.6 Å². The molecule has 2 aromatic rings. The highest BCUT2D eigenvalue weighted by molar-refractivity contribution is 6.34. The van der Waals surface area contributed by atoms with Crippen molar-refractivity contribution in [3.63, 3.8) is 0 Å². The van der Waals surface area contributed by atoms with Crippen LogP contribution in [0.4, 0.5) is 17.1 Å². The number of nitrogen functional groups attached to an aromatic ring is 1. The minimum absolute atomic E-state index is 0.0950. The number of nitrogens with one attached hydrogen (secondary N) is 1. The topological polar surface area (TPSA) is 98.3 Å². The minimum Gasteiger partial charge on any atom is -0.398 e.